The number of carbonyl (C=O) groups is 1. The average Bonchev–Trinajstić information content (AvgIpc) is 3.68. The number of benzene rings is 2. The maximum Gasteiger partial charge on any atom is 0.293 e. The summed E-state index contributed by atoms with van der Waals surface area (Å²) in [6, 6.07) is 21.4. The Morgan fingerprint density at radius 3 is 2.41 bits per heavy atom. The second kappa shape index (κ2) is 9.90. The summed E-state index contributed by atoms with van der Waals surface area (Å²) in [5, 5.41) is 6.68. The molecule has 2 aromatic carbocycles. The Morgan fingerprint density at radius 1 is 0.974 bits per heavy atom. The van der Waals surface area contributed by atoms with Crippen LogP contribution in [0.3, 0.4) is 0 Å². The summed E-state index contributed by atoms with van der Waals surface area (Å²) in [6.07, 6.45) is 9.54. The van der Waals surface area contributed by atoms with E-state index in [1.807, 2.05) is 4.90 Å². The minimum absolute atomic E-state index is 0.0691. The van der Waals surface area contributed by atoms with E-state index in [1.165, 1.54) is 43.1 Å². The van der Waals surface area contributed by atoms with Crippen LogP contribution in [-0.2, 0) is 5.41 Å². The first-order valence-corrected chi connectivity index (χ1v) is 14.5. The molecular weight excluding hydrogens is 486 g/mol. The number of imidazole rings is 1. The van der Waals surface area contributed by atoms with Gasteiger partial charge in [0.05, 0.1) is 11.0 Å². The lowest BCUT2D eigenvalue weighted by Gasteiger charge is -2.45. The van der Waals surface area contributed by atoms with Crippen molar-refractivity contribution in [2.45, 2.75) is 75.4 Å². The predicted octanol–water partition coefficient (Wildman–Crippen LogP) is 4.90. The largest absolute Gasteiger partial charge is 0.336 e. The van der Waals surface area contributed by atoms with Crippen molar-refractivity contribution < 1.29 is 4.79 Å². The van der Waals surface area contributed by atoms with Crippen LogP contribution in [0.1, 0.15) is 73.0 Å². The first-order chi connectivity index (χ1) is 19.1. The highest BCUT2D eigenvalue weighted by Gasteiger charge is 2.44. The van der Waals surface area contributed by atoms with Gasteiger partial charge in [-0.1, -0.05) is 42.5 Å². The second-order valence-electron chi connectivity index (χ2n) is 11.8. The Balaban J connectivity index is 1.07. The number of para-hydroxylation sites is 2. The van der Waals surface area contributed by atoms with Gasteiger partial charge in [0, 0.05) is 31.2 Å². The van der Waals surface area contributed by atoms with Crippen molar-refractivity contribution in [3.63, 3.8) is 0 Å². The number of rotatable bonds is 6. The lowest BCUT2D eigenvalue weighted by Crippen LogP contribution is -2.49. The van der Waals surface area contributed by atoms with Crippen molar-refractivity contribution in [3.8, 4) is 0 Å². The SMILES string of the molecule is Cc1nc2ccccc2n1[C@H]1C[C@H]2CC[C@@H](C1)N2CCC1(c2ccccc2)CCN(C(=O)c2nc[nH]n2)CC1. The Hall–Kier alpha value is -3.52. The van der Waals surface area contributed by atoms with E-state index in [-0.39, 0.29) is 17.1 Å². The second-order valence-corrected chi connectivity index (χ2v) is 11.8. The fourth-order valence-electron chi connectivity index (χ4n) is 7.86. The molecule has 0 unspecified atom stereocenters. The van der Waals surface area contributed by atoms with Gasteiger partial charge in [-0.2, -0.15) is 0 Å². The van der Waals surface area contributed by atoms with E-state index in [4.69, 9.17) is 4.98 Å². The van der Waals surface area contributed by atoms with Gasteiger partial charge in [-0.3, -0.25) is 14.8 Å². The highest BCUT2D eigenvalue weighted by molar-refractivity contribution is 5.90. The van der Waals surface area contributed by atoms with Crippen LogP contribution in [0.25, 0.3) is 11.0 Å². The summed E-state index contributed by atoms with van der Waals surface area (Å²) in [5.41, 5.74) is 3.90. The number of aryl methyl sites for hydroxylation is 1. The third-order valence-corrected chi connectivity index (χ3v) is 9.85. The van der Waals surface area contributed by atoms with Gasteiger partial charge in [0.15, 0.2) is 0 Å². The number of aromatic nitrogens is 5. The number of H-pyrrole nitrogens is 1. The predicted molar refractivity (Wildman–Crippen MR) is 151 cm³/mol. The van der Waals surface area contributed by atoms with Crippen LogP contribution in [0.5, 0.6) is 0 Å². The Kier molecular flexibility index (Phi) is 6.22. The molecule has 2 aromatic heterocycles. The van der Waals surface area contributed by atoms with Crippen LogP contribution in [0.2, 0.25) is 0 Å². The van der Waals surface area contributed by atoms with E-state index in [0.717, 1.165) is 50.2 Å². The summed E-state index contributed by atoms with van der Waals surface area (Å²) in [6.45, 7) is 4.76. The summed E-state index contributed by atoms with van der Waals surface area (Å²) in [7, 11) is 0. The van der Waals surface area contributed by atoms with Crippen LogP contribution < -0.4 is 0 Å². The molecule has 5 heterocycles. The number of fused-ring (bicyclic) bond motifs is 3. The van der Waals surface area contributed by atoms with Crippen LogP contribution in [0.4, 0.5) is 0 Å². The van der Waals surface area contributed by atoms with Gasteiger partial charge < -0.3 is 9.47 Å². The monoisotopic (exact) mass is 523 g/mol. The maximum absolute atomic E-state index is 12.9. The van der Waals surface area contributed by atoms with E-state index in [0.29, 0.717) is 18.1 Å². The number of piperidine rings is 2. The molecule has 3 atom stereocenters. The standard InChI is InChI=1S/C31H37N7O/c1-22-34-27-9-5-6-10-28(27)38(22)26-19-24-11-12-25(20-26)37(24)18-15-31(23-7-3-2-4-8-23)13-16-36(17-14-31)30(39)29-32-21-33-35-29/h2-10,21,24-26H,11-20H2,1H3,(H,32,33,35)/t24-,25+,26+. The fourth-order valence-corrected chi connectivity index (χ4v) is 7.86. The smallest absolute Gasteiger partial charge is 0.293 e. The molecule has 8 heteroatoms. The van der Waals surface area contributed by atoms with Crippen LogP contribution in [0, 0.1) is 6.92 Å². The molecule has 202 valence electrons. The molecule has 7 rings (SSSR count). The molecule has 3 fully saturated rings. The van der Waals surface area contributed by atoms with Gasteiger partial charge >= 0.3 is 0 Å². The van der Waals surface area contributed by atoms with Gasteiger partial charge in [0.2, 0.25) is 5.82 Å². The number of hydrogen-bond donors (Lipinski definition) is 1. The van der Waals surface area contributed by atoms with Crippen LogP contribution >= 0.6 is 0 Å². The summed E-state index contributed by atoms with van der Waals surface area (Å²) in [4.78, 5) is 26.6. The summed E-state index contributed by atoms with van der Waals surface area (Å²) < 4.78 is 2.52. The van der Waals surface area contributed by atoms with E-state index < -0.39 is 0 Å². The van der Waals surface area contributed by atoms with Crippen molar-refractivity contribution in [1.82, 2.24) is 34.5 Å². The molecule has 3 aliphatic heterocycles. The van der Waals surface area contributed by atoms with Gasteiger partial charge in [-0.15, -0.1) is 5.10 Å². The summed E-state index contributed by atoms with van der Waals surface area (Å²) in [5.74, 6) is 1.34. The maximum atomic E-state index is 12.9. The third-order valence-electron chi connectivity index (χ3n) is 9.85. The molecule has 8 nitrogen and oxygen atoms in total. The molecule has 1 N–H and O–H groups in total. The van der Waals surface area contributed by atoms with Crippen LogP contribution in [0.15, 0.2) is 60.9 Å². The molecular formula is C31H37N7O. The molecule has 0 spiro atoms. The minimum Gasteiger partial charge on any atom is -0.336 e. The first kappa shape index (κ1) is 24.5. The zero-order valence-corrected chi connectivity index (χ0v) is 22.7. The first-order valence-electron chi connectivity index (χ1n) is 14.5. The number of nitrogens with one attached hydrogen (secondary N) is 1. The van der Waals surface area contributed by atoms with Crippen molar-refractivity contribution in [2.75, 3.05) is 19.6 Å². The third kappa shape index (κ3) is 4.35. The molecule has 1 amide bonds. The van der Waals surface area contributed by atoms with E-state index in [2.05, 4.69) is 86.2 Å². The number of hydrogen-bond acceptors (Lipinski definition) is 5. The number of aromatic amines is 1. The quantitative estimate of drug-likeness (QED) is 0.389. The van der Waals surface area contributed by atoms with Crippen molar-refractivity contribution in [3.05, 3.63) is 78.1 Å². The van der Waals surface area contributed by atoms with Crippen molar-refractivity contribution in [2.24, 2.45) is 0 Å². The molecule has 2 bridgehead atoms. The number of carbonyl (C=O) groups excluding carboxylic acids is 1. The normalized spacial score (nSPS) is 24.8. The lowest BCUT2D eigenvalue weighted by atomic mass is 9.70. The minimum atomic E-state index is -0.0691. The molecule has 0 aliphatic carbocycles. The molecule has 3 aliphatic rings. The van der Waals surface area contributed by atoms with Crippen molar-refractivity contribution >= 4 is 16.9 Å². The molecule has 3 saturated heterocycles. The average molecular weight is 524 g/mol. The highest BCUT2D eigenvalue weighted by Crippen LogP contribution is 2.45. The lowest BCUT2D eigenvalue weighted by molar-refractivity contribution is 0.0597. The van der Waals surface area contributed by atoms with Gasteiger partial charge in [-0.25, -0.2) is 9.97 Å². The van der Waals surface area contributed by atoms with Crippen molar-refractivity contribution in [1.29, 1.82) is 0 Å². The Labute approximate surface area is 229 Å². The zero-order valence-electron chi connectivity index (χ0n) is 22.7. The van der Waals surface area contributed by atoms with E-state index in [9.17, 15) is 4.79 Å². The molecule has 4 aromatic rings. The summed E-state index contributed by atoms with van der Waals surface area (Å²) >= 11 is 0. The zero-order chi connectivity index (χ0) is 26.4. The van der Waals surface area contributed by atoms with Gasteiger partial charge in [0.25, 0.3) is 5.91 Å². The highest BCUT2D eigenvalue weighted by atomic mass is 16.2. The van der Waals surface area contributed by atoms with Gasteiger partial charge in [0.1, 0.15) is 12.2 Å². The number of amides is 1. The Bertz CT molecular complexity index is 1420. The number of nitrogens with zero attached hydrogens (tertiary/aromatic N) is 6. The number of likely N-dealkylation sites (tertiary alicyclic amines) is 1. The Morgan fingerprint density at radius 2 is 1.69 bits per heavy atom. The van der Waals surface area contributed by atoms with E-state index >= 15 is 0 Å². The van der Waals surface area contributed by atoms with Gasteiger partial charge in [-0.05, 0) is 81.5 Å². The molecule has 39 heavy (non-hydrogen) atoms. The topological polar surface area (TPSA) is 82.9 Å². The van der Waals surface area contributed by atoms with E-state index in [1.54, 1.807) is 0 Å². The van der Waals surface area contributed by atoms with Crippen LogP contribution in [-0.4, -0.2) is 72.2 Å². The molecule has 0 saturated carbocycles. The fraction of sp³-hybridized carbons (Fsp3) is 0.484. The molecule has 0 radical (unpaired) electrons.